The maximum absolute atomic E-state index is 12.2. The lowest BCUT2D eigenvalue weighted by Crippen LogP contribution is -2.35. The highest BCUT2D eigenvalue weighted by Gasteiger charge is 2.26. The van der Waals surface area contributed by atoms with Crippen LogP contribution in [0.2, 0.25) is 0 Å². The number of nitrogens with one attached hydrogen (secondary N) is 1. The number of amides is 1. The van der Waals surface area contributed by atoms with E-state index in [2.05, 4.69) is 10.3 Å². The Morgan fingerprint density at radius 1 is 1.42 bits per heavy atom. The van der Waals surface area contributed by atoms with Crippen molar-refractivity contribution in [1.82, 2.24) is 10.3 Å². The highest BCUT2D eigenvalue weighted by molar-refractivity contribution is 5.79. The van der Waals surface area contributed by atoms with E-state index in [1.54, 1.807) is 6.20 Å². The number of pyridine rings is 1. The van der Waals surface area contributed by atoms with Gasteiger partial charge in [-0.3, -0.25) is 9.78 Å². The van der Waals surface area contributed by atoms with Gasteiger partial charge in [0.2, 0.25) is 5.91 Å². The number of nitrogens with zero attached hydrogens (tertiary/aromatic N) is 1. The predicted molar refractivity (Wildman–Crippen MR) is 75.3 cm³/mol. The second-order valence-corrected chi connectivity index (χ2v) is 5.44. The summed E-state index contributed by atoms with van der Waals surface area (Å²) in [7, 11) is 0. The maximum atomic E-state index is 12.2. The standard InChI is InChI=1S/C15H23N3O/c1-11(14-4-2-3-9-17-14)18-15(19)13-7-5-12(10-16)6-8-13/h2-4,9,11-13H,5-8,10,16H2,1H3,(H,18,19). The van der Waals surface area contributed by atoms with Crippen molar-refractivity contribution in [3.63, 3.8) is 0 Å². The zero-order valence-corrected chi connectivity index (χ0v) is 11.5. The summed E-state index contributed by atoms with van der Waals surface area (Å²) in [6.45, 7) is 2.73. The smallest absolute Gasteiger partial charge is 0.223 e. The van der Waals surface area contributed by atoms with Crippen molar-refractivity contribution in [2.24, 2.45) is 17.6 Å². The van der Waals surface area contributed by atoms with E-state index in [-0.39, 0.29) is 17.9 Å². The zero-order valence-electron chi connectivity index (χ0n) is 11.5. The van der Waals surface area contributed by atoms with Gasteiger partial charge in [-0.1, -0.05) is 6.07 Å². The fraction of sp³-hybridized carbons (Fsp3) is 0.600. The molecule has 1 amide bonds. The average molecular weight is 261 g/mol. The Labute approximate surface area is 114 Å². The zero-order chi connectivity index (χ0) is 13.7. The Hall–Kier alpha value is -1.42. The molecule has 4 nitrogen and oxygen atoms in total. The SMILES string of the molecule is CC(NC(=O)C1CCC(CN)CC1)c1ccccn1. The van der Waals surface area contributed by atoms with E-state index in [4.69, 9.17) is 5.73 Å². The lowest BCUT2D eigenvalue weighted by atomic mass is 9.81. The molecule has 0 aromatic carbocycles. The van der Waals surface area contributed by atoms with E-state index in [1.807, 2.05) is 25.1 Å². The number of carbonyl (C=O) groups is 1. The summed E-state index contributed by atoms with van der Waals surface area (Å²) in [5.41, 5.74) is 6.58. The van der Waals surface area contributed by atoms with Crippen LogP contribution in [0.4, 0.5) is 0 Å². The van der Waals surface area contributed by atoms with Crippen LogP contribution in [0.25, 0.3) is 0 Å². The molecule has 104 valence electrons. The number of hydrogen-bond donors (Lipinski definition) is 2. The van der Waals surface area contributed by atoms with Gasteiger partial charge in [-0.05, 0) is 57.2 Å². The summed E-state index contributed by atoms with van der Waals surface area (Å²) >= 11 is 0. The van der Waals surface area contributed by atoms with E-state index in [9.17, 15) is 4.79 Å². The summed E-state index contributed by atoms with van der Waals surface area (Å²) in [5, 5.41) is 3.07. The molecule has 1 aromatic heterocycles. The molecule has 1 unspecified atom stereocenters. The van der Waals surface area contributed by atoms with Gasteiger partial charge < -0.3 is 11.1 Å². The minimum atomic E-state index is -0.0269. The summed E-state index contributed by atoms with van der Waals surface area (Å²) in [5.74, 6) is 0.917. The summed E-state index contributed by atoms with van der Waals surface area (Å²) < 4.78 is 0. The van der Waals surface area contributed by atoms with Gasteiger partial charge in [-0.2, -0.15) is 0 Å². The molecule has 1 aromatic rings. The minimum Gasteiger partial charge on any atom is -0.348 e. The van der Waals surface area contributed by atoms with Gasteiger partial charge in [0.15, 0.2) is 0 Å². The summed E-state index contributed by atoms with van der Waals surface area (Å²) in [6.07, 6.45) is 5.83. The van der Waals surface area contributed by atoms with Crippen molar-refractivity contribution in [3.8, 4) is 0 Å². The molecular formula is C15H23N3O. The summed E-state index contributed by atoms with van der Waals surface area (Å²) in [4.78, 5) is 16.5. The molecule has 0 aliphatic heterocycles. The Kier molecular flexibility index (Phi) is 4.91. The number of nitrogens with two attached hydrogens (primary N) is 1. The predicted octanol–water partition coefficient (Wildman–Crippen LogP) is 2.02. The number of hydrogen-bond acceptors (Lipinski definition) is 3. The van der Waals surface area contributed by atoms with Gasteiger partial charge in [0, 0.05) is 12.1 Å². The molecule has 1 fully saturated rings. The van der Waals surface area contributed by atoms with Crippen molar-refractivity contribution in [3.05, 3.63) is 30.1 Å². The van der Waals surface area contributed by atoms with Crippen LogP contribution in [-0.4, -0.2) is 17.4 Å². The first-order valence-electron chi connectivity index (χ1n) is 7.12. The Balaban J connectivity index is 1.84. The molecule has 1 heterocycles. The Bertz CT molecular complexity index is 399. The quantitative estimate of drug-likeness (QED) is 0.871. The van der Waals surface area contributed by atoms with Crippen LogP contribution in [-0.2, 0) is 4.79 Å². The molecule has 0 bridgehead atoms. The van der Waals surface area contributed by atoms with Gasteiger partial charge in [-0.25, -0.2) is 0 Å². The van der Waals surface area contributed by atoms with Gasteiger partial charge in [-0.15, -0.1) is 0 Å². The highest BCUT2D eigenvalue weighted by atomic mass is 16.1. The lowest BCUT2D eigenvalue weighted by molar-refractivity contribution is -0.126. The first-order chi connectivity index (χ1) is 9.20. The average Bonchev–Trinajstić information content (AvgIpc) is 2.48. The molecule has 1 atom stereocenters. The molecule has 0 spiro atoms. The highest BCUT2D eigenvalue weighted by Crippen LogP contribution is 2.28. The van der Waals surface area contributed by atoms with Gasteiger partial charge >= 0.3 is 0 Å². The maximum Gasteiger partial charge on any atom is 0.223 e. The number of carbonyl (C=O) groups excluding carboxylic acids is 1. The van der Waals surface area contributed by atoms with Crippen LogP contribution in [0.15, 0.2) is 24.4 Å². The van der Waals surface area contributed by atoms with E-state index < -0.39 is 0 Å². The second-order valence-electron chi connectivity index (χ2n) is 5.44. The minimum absolute atomic E-state index is 0.0269. The fourth-order valence-corrected chi connectivity index (χ4v) is 2.70. The molecular weight excluding hydrogens is 238 g/mol. The number of aromatic nitrogens is 1. The molecule has 1 aliphatic carbocycles. The van der Waals surface area contributed by atoms with Crippen molar-refractivity contribution in [2.75, 3.05) is 6.54 Å². The molecule has 3 N–H and O–H groups in total. The fourth-order valence-electron chi connectivity index (χ4n) is 2.70. The Morgan fingerprint density at radius 3 is 2.74 bits per heavy atom. The van der Waals surface area contributed by atoms with Gasteiger partial charge in [0.1, 0.15) is 0 Å². The first-order valence-corrected chi connectivity index (χ1v) is 7.12. The van der Waals surface area contributed by atoms with Crippen LogP contribution in [0.3, 0.4) is 0 Å². The third kappa shape index (κ3) is 3.77. The second kappa shape index (κ2) is 6.66. The van der Waals surface area contributed by atoms with Gasteiger partial charge in [0.25, 0.3) is 0 Å². The first kappa shape index (κ1) is 14.0. The summed E-state index contributed by atoms with van der Waals surface area (Å²) in [6, 6.07) is 5.74. The third-order valence-electron chi connectivity index (χ3n) is 4.04. The van der Waals surface area contributed by atoms with E-state index in [0.29, 0.717) is 5.92 Å². The molecule has 4 heteroatoms. The van der Waals surface area contributed by atoms with Crippen LogP contribution in [0, 0.1) is 11.8 Å². The van der Waals surface area contributed by atoms with Crippen LogP contribution < -0.4 is 11.1 Å². The van der Waals surface area contributed by atoms with Crippen LogP contribution >= 0.6 is 0 Å². The molecule has 0 saturated heterocycles. The lowest BCUT2D eigenvalue weighted by Gasteiger charge is -2.27. The third-order valence-corrected chi connectivity index (χ3v) is 4.04. The largest absolute Gasteiger partial charge is 0.348 e. The van der Waals surface area contributed by atoms with Crippen molar-refractivity contribution >= 4 is 5.91 Å². The Morgan fingerprint density at radius 2 is 2.16 bits per heavy atom. The molecule has 2 rings (SSSR count). The van der Waals surface area contributed by atoms with E-state index in [0.717, 1.165) is 37.9 Å². The van der Waals surface area contributed by atoms with Crippen LogP contribution in [0.5, 0.6) is 0 Å². The normalized spacial score (nSPS) is 24.7. The van der Waals surface area contributed by atoms with E-state index in [1.165, 1.54) is 0 Å². The van der Waals surface area contributed by atoms with Crippen molar-refractivity contribution < 1.29 is 4.79 Å². The van der Waals surface area contributed by atoms with Crippen LogP contribution in [0.1, 0.15) is 44.3 Å². The van der Waals surface area contributed by atoms with E-state index >= 15 is 0 Å². The molecule has 1 aliphatic rings. The monoisotopic (exact) mass is 261 g/mol. The molecule has 1 saturated carbocycles. The number of rotatable bonds is 4. The molecule has 0 radical (unpaired) electrons. The van der Waals surface area contributed by atoms with Crippen molar-refractivity contribution in [1.29, 1.82) is 0 Å². The van der Waals surface area contributed by atoms with Gasteiger partial charge in [0.05, 0.1) is 11.7 Å². The topological polar surface area (TPSA) is 68.0 Å². The molecule has 19 heavy (non-hydrogen) atoms. The van der Waals surface area contributed by atoms with Crippen molar-refractivity contribution in [2.45, 2.75) is 38.6 Å².